The number of hydrogen-bond acceptors (Lipinski definition) is 1. The van der Waals surface area contributed by atoms with Crippen molar-refractivity contribution >= 4 is 0 Å². The van der Waals surface area contributed by atoms with E-state index >= 15 is 0 Å². The molecule has 0 aliphatic carbocycles. The first kappa shape index (κ1) is 13.2. The van der Waals surface area contributed by atoms with E-state index in [1.54, 1.807) is 0 Å². The normalized spacial score (nSPS) is 11.0. The van der Waals surface area contributed by atoms with Gasteiger partial charge in [0.2, 0.25) is 0 Å². The molecule has 0 saturated heterocycles. The maximum absolute atomic E-state index is 2.35. The van der Waals surface area contributed by atoms with Crippen molar-refractivity contribution in [2.75, 3.05) is 14.1 Å². The highest BCUT2D eigenvalue weighted by atomic mass is 15.0. The minimum absolute atomic E-state index is 1.04. The van der Waals surface area contributed by atoms with Crippen molar-refractivity contribution in [2.45, 2.75) is 45.6 Å². The topological polar surface area (TPSA) is 3.24 Å². The Morgan fingerprint density at radius 2 is 1.75 bits per heavy atom. The van der Waals surface area contributed by atoms with Crippen LogP contribution in [0.5, 0.6) is 0 Å². The number of hydrogen-bond donors (Lipinski definition) is 0. The molecule has 0 aliphatic heterocycles. The molecule has 90 valence electrons. The summed E-state index contributed by atoms with van der Waals surface area (Å²) in [6.45, 7) is 3.31. The third-order valence-electron chi connectivity index (χ3n) is 2.81. The van der Waals surface area contributed by atoms with Gasteiger partial charge in [-0.1, -0.05) is 50.5 Å². The maximum Gasteiger partial charge on any atom is 0.0227 e. The van der Waals surface area contributed by atoms with E-state index in [-0.39, 0.29) is 0 Å². The second-order valence-corrected chi connectivity index (χ2v) is 4.87. The lowest BCUT2D eigenvalue weighted by molar-refractivity contribution is 0.402. The molecule has 1 rings (SSSR count). The van der Waals surface area contributed by atoms with Gasteiger partial charge in [0.05, 0.1) is 0 Å². The fourth-order valence-corrected chi connectivity index (χ4v) is 2.00. The molecular weight excluding hydrogens is 194 g/mol. The molecular formula is C15H25N. The highest BCUT2D eigenvalue weighted by molar-refractivity contribution is 5.23. The van der Waals surface area contributed by atoms with E-state index in [9.17, 15) is 0 Å². The summed E-state index contributed by atoms with van der Waals surface area (Å²) in [6.07, 6.45) is 6.63. The zero-order valence-corrected chi connectivity index (χ0v) is 11.0. The monoisotopic (exact) mass is 219 g/mol. The summed E-state index contributed by atoms with van der Waals surface area (Å²) < 4.78 is 0. The molecule has 0 saturated carbocycles. The fourth-order valence-electron chi connectivity index (χ4n) is 2.00. The molecule has 0 N–H and O–H groups in total. The van der Waals surface area contributed by atoms with Gasteiger partial charge < -0.3 is 4.90 Å². The molecule has 0 atom stereocenters. The molecule has 0 aromatic heterocycles. The second-order valence-electron chi connectivity index (χ2n) is 4.87. The molecule has 1 aromatic rings. The van der Waals surface area contributed by atoms with Crippen molar-refractivity contribution in [3.05, 3.63) is 35.4 Å². The van der Waals surface area contributed by atoms with Gasteiger partial charge in [-0.05, 0) is 38.1 Å². The van der Waals surface area contributed by atoms with Crippen molar-refractivity contribution in [3.63, 3.8) is 0 Å². The van der Waals surface area contributed by atoms with Crippen molar-refractivity contribution in [2.24, 2.45) is 0 Å². The molecule has 0 radical (unpaired) electrons. The van der Waals surface area contributed by atoms with E-state index < -0.39 is 0 Å². The van der Waals surface area contributed by atoms with Crippen molar-refractivity contribution < 1.29 is 0 Å². The molecule has 0 amide bonds. The summed E-state index contributed by atoms with van der Waals surface area (Å²) >= 11 is 0. The van der Waals surface area contributed by atoms with Gasteiger partial charge in [-0.15, -0.1) is 0 Å². The Labute approximate surface area is 100 Å². The van der Waals surface area contributed by atoms with Gasteiger partial charge in [0, 0.05) is 6.54 Å². The molecule has 0 heterocycles. The van der Waals surface area contributed by atoms with Crippen LogP contribution in [0.3, 0.4) is 0 Å². The minimum atomic E-state index is 1.04. The van der Waals surface area contributed by atoms with Gasteiger partial charge >= 0.3 is 0 Å². The predicted molar refractivity (Wildman–Crippen MR) is 71.7 cm³/mol. The largest absolute Gasteiger partial charge is 0.305 e. The van der Waals surface area contributed by atoms with Gasteiger partial charge in [-0.2, -0.15) is 0 Å². The van der Waals surface area contributed by atoms with Gasteiger partial charge in [0.15, 0.2) is 0 Å². The third-order valence-corrected chi connectivity index (χ3v) is 2.81. The van der Waals surface area contributed by atoms with E-state index in [4.69, 9.17) is 0 Å². The van der Waals surface area contributed by atoms with E-state index in [1.165, 1.54) is 43.2 Å². The molecule has 1 aromatic carbocycles. The smallest absolute Gasteiger partial charge is 0.0227 e. The molecule has 0 unspecified atom stereocenters. The van der Waals surface area contributed by atoms with Crippen molar-refractivity contribution in [1.29, 1.82) is 0 Å². The van der Waals surface area contributed by atoms with E-state index in [0.717, 1.165) is 6.54 Å². The maximum atomic E-state index is 2.35. The van der Waals surface area contributed by atoms with E-state index in [0.29, 0.717) is 0 Å². The molecule has 0 aliphatic rings. The Hall–Kier alpha value is -0.820. The Bertz CT molecular complexity index is 291. The highest BCUT2D eigenvalue weighted by Crippen LogP contribution is 2.11. The van der Waals surface area contributed by atoms with Crippen LogP contribution in [0.15, 0.2) is 24.3 Å². The molecule has 0 spiro atoms. The zero-order chi connectivity index (χ0) is 11.8. The average molecular weight is 219 g/mol. The van der Waals surface area contributed by atoms with Crippen molar-refractivity contribution in [1.82, 2.24) is 4.90 Å². The van der Waals surface area contributed by atoms with Crippen LogP contribution in [0.4, 0.5) is 0 Å². The van der Waals surface area contributed by atoms with E-state index in [1.807, 2.05) is 0 Å². The summed E-state index contributed by atoms with van der Waals surface area (Å²) in [6, 6.07) is 9.01. The van der Waals surface area contributed by atoms with Crippen LogP contribution < -0.4 is 0 Å². The first-order chi connectivity index (χ1) is 7.72. The van der Waals surface area contributed by atoms with Crippen molar-refractivity contribution in [3.8, 4) is 0 Å². The summed E-state index contributed by atoms with van der Waals surface area (Å²) in [5.74, 6) is 0. The van der Waals surface area contributed by atoms with E-state index in [2.05, 4.69) is 50.2 Å². The lowest BCUT2D eigenvalue weighted by Crippen LogP contribution is -2.10. The summed E-state index contributed by atoms with van der Waals surface area (Å²) in [4.78, 5) is 2.22. The van der Waals surface area contributed by atoms with Gasteiger partial charge in [-0.3, -0.25) is 0 Å². The average Bonchev–Trinajstić information content (AvgIpc) is 2.24. The van der Waals surface area contributed by atoms with Gasteiger partial charge in [0.1, 0.15) is 0 Å². The lowest BCUT2D eigenvalue weighted by atomic mass is 10.0. The number of unbranched alkanes of at least 4 members (excludes halogenated alkanes) is 3. The lowest BCUT2D eigenvalue weighted by Gasteiger charge is -2.10. The molecule has 1 heteroatoms. The number of rotatable bonds is 7. The Morgan fingerprint density at radius 1 is 1.00 bits per heavy atom. The Morgan fingerprint density at radius 3 is 2.44 bits per heavy atom. The quantitative estimate of drug-likeness (QED) is 0.629. The summed E-state index contributed by atoms with van der Waals surface area (Å²) in [5.41, 5.74) is 2.92. The van der Waals surface area contributed by atoms with Crippen LogP contribution >= 0.6 is 0 Å². The minimum Gasteiger partial charge on any atom is -0.305 e. The highest BCUT2D eigenvalue weighted by Gasteiger charge is 1.98. The molecule has 0 fully saturated rings. The van der Waals surface area contributed by atoms with Gasteiger partial charge in [-0.25, -0.2) is 0 Å². The summed E-state index contributed by atoms with van der Waals surface area (Å²) in [7, 11) is 4.24. The standard InChI is InChI=1S/C15H25N/c1-4-5-6-7-9-14-10-8-11-15(12-14)13-16(2)3/h8,10-12H,4-7,9,13H2,1-3H3. The third kappa shape index (κ3) is 5.32. The van der Waals surface area contributed by atoms with Crippen LogP contribution in [0, 0.1) is 0 Å². The molecule has 16 heavy (non-hydrogen) atoms. The molecule has 1 nitrogen and oxygen atoms in total. The van der Waals surface area contributed by atoms with Gasteiger partial charge in [0.25, 0.3) is 0 Å². The van der Waals surface area contributed by atoms with Crippen LogP contribution in [0.1, 0.15) is 43.7 Å². The van der Waals surface area contributed by atoms with Crippen LogP contribution in [-0.2, 0) is 13.0 Å². The van der Waals surface area contributed by atoms with Crippen LogP contribution in [0.25, 0.3) is 0 Å². The predicted octanol–water partition coefficient (Wildman–Crippen LogP) is 3.87. The Balaban J connectivity index is 2.41. The SMILES string of the molecule is CCCCCCc1cccc(CN(C)C)c1. The van der Waals surface area contributed by atoms with Crippen LogP contribution in [0.2, 0.25) is 0 Å². The fraction of sp³-hybridized carbons (Fsp3) is 0.600. The molecule has 0 bridgehead atoms. The first-order valence-corrected chi connectivity index (χ1v) is 6.45. The number of aryl methyl sites for hydroxylation is 1. The summed E-state index contributed by atoms with van der Waals surface area (Å²) in [5, 5.41) is 0. The van der Waals surface area contributed by atoms with Crippen LogP contribution in [-0.4, -0.2) is 19.0 Å². The zero-order valence-electron chi connectivity index (χ0n) is 11.0. The Kier molecular flexibility index (Phi) is 6.17. The second kappa shape index (κ2) is 7.45. The first-order valence-electron chi connectivity index (χ1n) is 6.45. The number of benzene rings is 1. The number of nitrogens with zero attached hydrogens (tertiary/aromatic N) is 1.